The predicted molar refractivity (Wildman–Crippen MR) is 64.6 cm³/mol. The van der Waals surface area contributed by atoms with E-state index in [0.717, 1.165) is 24.6 Å². The molecule has 0 radical (unpaired) electrons. The van der Waals surface area contributed by atoms with Gasteiger partial charge in [-0.2, -0.15) is 0 Å². The summed E-state index contributed by atoms with van der Waals surface area (Å²) in [5, 5.41) is 0. The number of piperidine rings is 1. The van der Waals surface area contributed by atoms with Crippen LogP contribution in [0, 0.1) is 5.92 Å². The number of nitrogens with zero attached hydrogens (tertiary/aromatic N) is 2. The molecule has 3 nitrogen and oxygen atoms in total. The maximum Gasteiger partial charge on any atom is 0.178 e. The Hall–Kier alpha value is -1.09. The monoisotopic (exact) mass is 220 g/mol. The third-order valence-electron chi connectivity index (χ3n) is 3.40. The fourth-order valence-electron chi connectivity index (χ4n) is 2.18. The molecule has 0 aromatic carbocycles. The van der Waals surface area contributed by atoms with Crippen LogP contribution in [0.5, 0.6) is 0 Å². The first kappa shape index (κ1) is 11.4. The van der Waals surface area contributed by atoms with Crippen molar-refractivity contribution in [1.82, 2.24) is 9.47 Å². The van der Waals surface area contributed by atoms with Crippen LogP contribution in [0.15, 0.2) is 18.5 Å². The quantitative estimate of drug-likeness (QED) is 0.727. The first-order chi connectivity index (χ1) is 7.65. The molecule has 1 aliphatic heterocycles. The van der Waals surface area contributed by atoms with Gasteiger partial charge < -0.3 is 4.57 Å². The number of Topliss-reactive ketones (excluding diaryl/α,β-unsaturated/α-hetero) is 1. The minimum Gasteiger partial charge on any atom is -0.357 e. The second-order valence-corrected chi connectivity index (χ2v) is 4.95. The topological polar surface area (TPSA) is 25.2 Å². The van der Waals surface area contributed by atoms with Gasteiger partial charge in [0.25, 0.3) is 0 Å². The van der Waals surface area contributed by atoms with Crippen LogP contribution in [0.2, 0.25) is 0 Å². The van der Waals surface area contributed by atoms with Crippen molar-refractivity contribution in [2.24, 2.45) is 13.0 Å². The Balaban J connectivity index is 1.88. The van der Waals surface area contributed by atoms with E-state index in [1.165, 1.54) is 12.8 Å². The van der Waals surface area contributed by atoms with Crippen molar-refractivity contribution in [3.05, 3.63) is 24.0 Å². The Labute approximate surface area is 97.1 Å². The molecule has 1 aromatic heterocycles. The molecule has 1 aromatic rings. The average Bonchev–Trinajstić information content (AvgIpc) is 2.68. The highest BCUT2D eigenvalue weighted by Crippen LogP contribution is 2.16. The van der Waals surface area contributed by atoms with Crippen LogP contribution in [-0.4, -0.2) is 34.9 Å². The number of rotatable bonds is 3. The highest BCUT2D eigenvalue weighted by Gasteiger charge is 2.18. The maximum atomic E-state index is 12.0. The lowest BCUT2D eigenvalue weighted by molar-refractivity contribution is 0.0900. The van der Waals surface area contributed by atoms with Gasteiger partial charge in [0.05, 0.1) is 6.54 Å². The van der Waals surface area contributed by atoms with Crippen molar-refractivity contribution < 1.29 is 4.79 Å². The second-order valence-electron chi connectivity index (χ2n) is 4.95. The van der Waals surface area contributed by atoms with Gasteiger partial charge in [-0.3, -0.25) is 9.69 Å². The normalized spacial score (nSPS) is 18.9. The molecule has 3 heteroatoms. The van der Waals surface area contributed by atoms with Gasteiger partial charge in [-0.25, -0.2) is 0 Å². The van der Waals surface area contributed by atoms with Crippen molar-refractivity contribution in [1.29, 1.82) is 0 Å². The highest BCUT2D eigenvalue weighted by atomic mass is 16.1. The fraction of sp³-hybridized carbons (Fsp3) is 0.615. The van der Waals surface area contributed by atoms with Crippen LogP contribution in [0.3, 0.4) is 0 Å². The molecule has 1 saturated heterocycles. The van der Waals surface area contributed by atoms with Gasteiger partial charge in [0, 0.05) is 25.0 Å². The number of carbonyl (C=O) groups excluding carboxylic acids is 1. The molecule has 0 saturated carbocycles. The molecular formula is C13H20N2O. The fourth-order valence-corrected chi connectivity index (χ4v) is 2.18. The van der Waals surface area contributed by atoms with E-state index in [-0.39, 0.29) is 5.78 Å². The van der Waals surface area contributed by atoms with Gasteiger partial charge >= 0.3 is 0 Å². The Morgan fingerprint density at radius 2 is 2.12 bits per heavy atom. The molecule has 16 heavy (non-hydrogen) atoms. The van der Waals surface area contributed by atoms with Crippen LogP contribution in [0.1, 0.15) is 30.1 Å². The smallest absolute Gasteiger partial charge is 0.178 e. The molecule has 0 unspecified atom stereocenters. The number of hydrogen-bond donors (Lipinski definition) is 0. The highest BCUT2D eigenvalue weighted by molar-refractivity contribution is 5.97. The largest absolute Gasteiger partial charge is 0.357 e. The number of aromatic nitrogens is 1. The van der Waals surface area contributed by atoms with Gasteiger partial charge in [-0.05, 0) is 37.9 Å². The lowest BCUT2D eigenvalue weighted by Gasteiger charge is -2.29. The summed E-state index contributed by atoms with van der Waals surface area (Å²) < 4.78 is 1.92. The molecule has 88 valence electrons. The van der Waals surface area contributed by atoms with Crippen molar-refractivity contribution in [2.45, 2.75) is 19.8 Å². The summed E-state index contributed by atoms with van der Waals surface area (Å²) in [7, 11) is 1.94. The van der Waals surface area contributed by atoms with E-state index in [2.05, 4.69) is 11.8 Å². The third-order valence-corrected chi connectivity index (χ3v) is 3.40. The minimum atomic E-state index is 0.246. The number of hydrogen-bond acceptors (Lipinski definition) is 2. The average molecular weight is 220 g/mol. The molecule has 0 amide bonds. The number of aryl methyl sites for hydroxylation is 1. The summed E-state index contributed by atoms with van der Waals surface area (Å²) >= 11 is 0. The lowest BCUT2D eigenvalue weighted by Crippen LogP contribution is -2.36. The van der Waals surface area contributed by atoms with Crippen LogP contribution in [0.4, 0.5) is 0 Å². The molecule has 2 rings (SSSR count). The van der Waals surface area contributed by atoms with E-state index < -0.39 is 0 Å². The summed E-state index contributed by atoms with van der Waals surface area (Å²) in [5.74, 6) is 1.07. The SMILES string of the molecule is CC1CCN(CC(=O)c2ccn(C)c2)CC1. The Morgan fingerprint density at radius 1 is 1.44 bits per heavy atom. The van der Waals surface area contributed by atoms with Gasteiger partial charge in [0.15, 0.2) is 5.78 Å². The molecule has 0 N–H and O–H groups in total. The molecular weight excluding hydrogens is 200 g/mol. The van der Waals surface area contributed by atoms with E-state index in [4.69, 9.17) is 0 Å². The molecule has 0 spiro atoms. The zero-order valence-corrected chi connectivity index (χ0v) is 10.1. The van der Waals surface area contributed by atoms with E-state index >= 15 is 0 Å². The molecule has 0 aliphatic carbocycles. The van der Waals surface area contributed by atoms with Crippen molar-refractivity contribution in [3.63, 3.8) is 0 Å². The lowest BCUT2D eigenvalue weighted by atomic mass is 9.99. The van der Waals surface area contributed by atoms with E-state index in [1.807, 2.05) is 30.1 Å². The van der Waals surface area contributed by atoms with Gasteiger partial charge in [0.2, 0.25) is 0 Å². The van der Waals surface area contributed by atoms with Crippen LogP contribution < -0.4 is 0 Å². The predicted octanol–water partition coefficient (Wildman–Crippen LogP) is 1.94. The molecule has 0 bridgehead atoms. The van der Waals surface area contributed by atoms with Gasteiger partial charge in [-0.1, -0.05) is 6.92 Å². The van der Waals surface area contributed by atoms with Crippen LogP contribution in [-0.2, 0) is 7.05 Å². The summed E-state index contributed by atoms with van der Waals surface area (Å²) in [6.45, 7) is 5.01. The number of likely N-dealkylation sites (tertiary alicyclic amines) is 1. The summed E-state index contributed by atoms with van der Waals surface area (Å²) in [6.07, 6.45) is 6.27. The molecule has 2 heterocycles. The zero-order valence-electron chi connectivity index (χ0n) is 10.1. The maximum absolute atomic E-state index is 12.0. The van der Waals surface area contributed by atoms with Crippen LogP contribution in [0.25, 0.3) is 0 Å². The number of ketones is 1. The van der Waals surface area contributed by atoms with E-state index in [0.29, 0.717) is 6.54 Å². The van der Waals surface area contributed by atoms with Crippen molar-refractivity contribution in [2.75, 3.05) is 19.6 Å². The molecule has 1 aliphatic rings. The molecule has 0 atom stereocenters. The van der Waals surface area contributed by atoms with Gasteiger partial charge in [0.1, 0.15) is 0 Å². The van der Waals surface area contributed by atoms with Crippen molar-refractivity contribution >= 4 is 5.78 Å². The van der Waals surface area contributed by atoms with E-state index in [9.17, 15) is 4.79 Å². The Bertz CT molecular complexity index is 362. The summed E-state index contributed by atoms with van der Waals surface area (Å²) in [4.78, 5) is 14.2. The number of carbonyl (C=O) groups is 1. The standard InChI is InChI=1S/C13H20N2O/c1-11-3-7-15(8-4-11)10-13(16)12-5-6-14(2)9-12/h5-6,9,11H,3-4,7-8,10H2,1-2H3. The summed E-state index contributed by atoms with van der Waals surface area (Å²) in [6, 6.07) is 1.90. The zero-order chi connectivity index (χ0) is 11.5. The van der Waals surface area contributed by atoms with Crippen LogP contribution >= 0.6 is 0 Å². The first-order valence-corrected chi connectivity index (χ1v) is 6.02. The molecule has 1 fully saturated rings. The van der Waals surface area contributed by atoms with Gasteiger partial charge in [-0.15, -0.1) is 0 Å². The van der Waals surface area contributed by atoms with Crippen molar-refractivity contribution in [3.8, 4) is 0 Å². The van der Waals surface area contributed by atoms with E-state index in [1.54, 1.807) is 0 Å². The second kappa shape index (κ2) is 4.83. The first-order valence-electron chi connectivity index (χ1n) is 6.02. The Kier molecular flexibility index (Phi) is 3.44. The Morgan fingerprint density at radius 3 is 2.69 bits per heavy atom. The minimum absolute atomic E-state index is 0.246. The summed E-state index contributed by atoms with van der Waals surface area (Å²) in [5.41, 5.74) is 0.834. The third kappa shape index (κ3) is 2.73.